The molecule has 0 aromatic heterocycles. The summed E-state index contributed by atoms with van der Waals surface area (Å²) >= 11 is 0. The Labute approximate surface area is 111 Å². The van der Waals surface area contributed by atoms with Crippen LogP contribution in [0.2, 0.25) is 0 Å². The van der Waals surface area contributed by atoms with Gasteiger partial charge in [-0.1, -0.05) is 19.8 Å². The number of aliphatic hydroxyl groups excluding tert-OH is 1. The van der Waals surface area contributed by atoms with Crippen LogP contribution in [0, 0.1) is 5.92 Å². The van der Waals surface area contributed by atoms with Crippen LogP contribution >= 0.6 is 0 Å². The lowest BCUT2D eigenvalue weighted by atomic mass is 9.77. The predicted molar refractivity (Wildman–Crippen MR) is 73.3 cm³/mol. The van der Waals surface area contributed by atoms with Gasteiger partial charge in [-0.3, -0.25) is 4.79 Å². The van der Waals surface area contributed by atoms with Crippen LogP contribution in [0.25, 0.3) is 0 Å². The zero-order valence-corrected chi connectivity index (χ0v) is 12.0. The molecule has 1 fully saturated rings. The van der Waals surface area contributed by atoms with E-state index in [-0.39, 0.29) is 24.1 Å². The maximum absolute atomic E-state index is 11.5. The standard InChI is InChI=1S/C14H28N2O2/c1-11(2)16-13(18)6-8-15-14(10-17)7-4-5-12(3)9-14/h11-12,15,17H,4-10H2,1-3H3,(H,16,18). The molecule has 0 aromatic rings. The number of hydrogen-bond donors (Lipinski definition) is 3. The lowest BCUT2D eigenvalue weighted by Crippen LogP contribution is -2.52. The molecule has 0 bridgehead atoms. The molecule has 3 N–H and O–H groups in total. The topological polar surface area (TPSA) is 61.4 Å². The Morgan fingerprint density at radius 2 is 2.22 bits per heavy atom. The van der Waals surface area contributed by atoms with E-state index in [1.165, 1.54) is 6.42 Å². The van der Waals surface area contributed by atoms with Crippen molar-refractivity contribution >= 4 is 5.91 Å². The fourth-order valence-electron chi connectivity index (χ4n) is 2.86. The Hall–Kier alpha value is -0.610. The first-order chi connectivity index (χ1) is 8.47. The van der Waals surface area contributed by atoms with E-state index in [0.717, 1.165) is 19.3 Å². The molecule has 1 aliphatic carbocycles. The van der Waals surface area contributed by atoms with Gasteiger partial charge in [-0.2, -0.15) is 0 Å². The van der Waals surface area contributed by atoms with Gasteiger partial charge in [-0.15, -0.1) is 0 Å². The van der Waals surface area contributed by atoms with Crippen LogP contribution in [-0.2, 0) is 4.79 Å². The lowest BCUT2D eigenvalue weighted by molar-refractivity contribution is -0.121. The van der Waals surface area contributed by atoms with Crippen LogP contribution in [-0.4, -0.2) is 35.7 Å². The predicted octanol–water partition coefficient (Wildman–Crippen LogP) is 1.43. The Morgan fingerprint density at radius 3 is 2.78 bits per heavy atom. The smallest absolute Gasteiger partial charge is 0.221 e. The summed E-state index contributed by atoms with van der Waals surface area (Å²) < 4.78 is 0. The summed E-state index contributed by atoms with van der Waals surface area (Å²) in [6, 6.07) is 0.194. The fourth-order valence-corrected chi connectivity index (χ4v) is 2.86. The highest BCUT2D eigenvalue weighted by Gasteiger charge is 2.33. The molecule has 1 saturated carbocycles. The van der Waals surface area contributed by atoms with E-state index in [9.17, 15) is 9.90 Å². The zero-order valence-electron chi connectivity index (χ0n) is 12.0. The van der Waals surface area contributed by atoms with Crippen molar-refractivity contribution in [1.29, 1.82) is 0 Å². The van der Waals surface area contributed by atoms with E-state index in [2.05, 4.69) is 17.6 Å². The highest BCUT2D eigenvalue weighted by Crippen LogP contribution is 2.31. The van der Waals surface area contributed by atoms with Crippen LogP contribution in [0.1, 0.15) is 52.9 Å². The number of carbonyl (C=O) groups is 1. The van der Waals surface area contributed by atoms with Gasteiger partial charge in [0.25, 0.3) is 0 Å². The zero-order chi connectivity index (χ0) is 13.6. The highest BCUT2D eigenvalue weighted by molar-refractivity contribution is 5.76. The van der Waals surface area contributed by atoms with Gasteiger partial charge in [-0.25, -0.2) is 0 Å². The van der Waals surface area contributed by atoms with Crippen LogP contribution in [0.3, 0.4) is 0 Å². The largest absolute Gasteiger partial charge is 0.394 e. The molecule has 1 aliphatic rings. The van der Waals surface area contributed by atoms with E-state index in [4.69, 9.17) is 0 Å². The van der Waals surface area contributed by atoms with Gasteiger partial charge in [0, 0.05) is 24.5 Å². The van der Waals surface area contributed by atoms with Crippen LogP contribution in [0.4, 0.5) is 0 Å². The number of nitrogens with one attached hydrogen (secondary N) is 2. The minimum atomic E-state index is -0.157. The van der Waals surface area contributed by atoms with Crippen molar-refractivity contribution in [2.75, 3.05) is 13.2 Å². The van der Waals surface area contributed by atoms with Crippen molar-refractivity contribution in [3.8, 4) is 0 Å². The monoisotopic (exact) mass is 256 g/mol. The second kappa shape index (κ2) is 7.10. The second-order valence-corrected chi connectivity index (χ2v) is 6.04. The van der Waals surface area contributed by atoms with Crippen LogP contribution in [0.5, 0.6) is 0 Å². The van der Waals surface area contributed by atoms with Crippen LogP contribution in [0.15, 0.2) is 0 Å². The normalized spacial score (nSPS) is 28.4. The van der Waals surface area contributed by atoms with E-state index < -0.39 is 0 Å². The van der Waals surface area contributed by atoms with Gasteiger partial charge in [0.05, 0.1) is 6.61 Å². The molecular weight excluding hydrogens is 228 g/mol. The average molecular weight is 256 g/mol. The Balaban J connectivity index is 2.33. The van der Waals surface area contributed by atoms with Gasteiger partial charge in [0.2, 0.25) is 5.91 Å². The lowest BCUT2D eigenvalue weighted by Gasteiger charge is -2.39. The molecule has 106 valence electrons. The van der Waals surface area contributed by atoms with Crippen molar-refractivity contribution in [1.82, 2.24) is 10.6 Å². The summed E-state index contributed by atoms with van der Waals surface area (Å²) in [4.78, 5) is 11.5. The van der Waals surface area contributed by atoms with Crippen molar-refractivity contribution in [3.63, 3.8) is 0 Å². The molecule has 0 heterocycles. The molecule has 4 heteroatoms. The number of aliphatic hydroxyl groups is 1. The molecule has 2 unspecified atom stereocenters. The van der Waals surface area contributed by atoms with E-state index >= 15 is 0 Å². The Bertz CT molecular complexity index is 269. The first-order valence-corrected chi connectivity index (χ1v) is 7.13. The number of amides is 1. The number of hydrogen-bond acceptors (Lipinski definition) is 3. The average Bonchev–Trinajstić information content (AvgIpc) is 2.28. The van der Waals surface area contributed by atoms with E-state index in [1.54, 1.807) is 0 Å². The molecule has 0 spiro atoms. The maximum Gasteiger partial charge on any atom is 0.221 e. The van der Waals surface area contributed by atoms with Crippen LogP contribution < -0.4 is 10.6 Å². The summed E-state index contributed by atoms with van der Waals surface area (Å²) in [7, 11) is 0. The molecule has 0 radical (unpaired) electrons. The minimum absolute atomic E-state index is 0.0782. The van der Waals surface area contributed by atoms with E-state index in [0.29, 0.717) is 18.9 Å². The Morgan fingerprint density at radius 1 is 1.50 bits per heavy atom. The minimum Gasteiger partial charge on any atom is -0.394 e. The summed E-state index contributed by atoms with van der Waals surface area (Å²) in [5.41, 5.74) is -0.157. The molecule has 4 nitrogen and oxygen atoms in total. The second-order valence-electron chi connectivity index (χ2n) is 6.04. The first-order valence-electron chi connectivity index (χ1n) is 7.13. The molecule has 0 saturated heterocycles. The van der Waals surface area contributed by atoms with Gasteiger partial charge in [0.1, 0.15) is 0 Å². The summed E-state index contributed by atoms with van der Waals surface area (Å²) in [5.74, 6) is 0.734. The summed E-state index contributed by atoms with van der Waals surface area (Å²) in [6.07, 6.45) is 4.91. The van der Waals surface area contributed by atoms with Crippen molar-refractivity contribution < 1.29 is 9.90 Å². The maximum atomic E-state index is 11.5. The van der Waals surface area contributed by atoms with Gasteiger partial charge in [0.15, 0.2) is 0 Å². The molecule has 0 aromatic carbocycles. The molecule has 0 aliphatic heterocycles. The third-order valence-electron chi connectivity index (χ3n) is 3.70. The SMILES string of the molecule is CC1CCCC(CO)(NCCC(=O)NC(C)C)C1. The van der Waals surface area contributed by atoms with Crippen molar-refractivity contribution in [2.24, 2.45) is 5.92 Å². The molecule has 2 atom stereocenters. The van der Waals surface area contributed by atoms with Crippen molar-refractivity contribution in [3.05, 3.63) is 0 Å². The molecular formula is C14H28N2O2. The Kier molecular flexibility index (Phi) is 6.09. The summed E-state index contributed by atoms with van der Waals surface area (Å²) in [6.45, 7) is 6.97. The summed E-state index contributed by atoms with van der Waals surface area (Å²) in [5, 5.41) is 15.9. The quantitative estimate of drug-likeness (QED) is 0.674. The molecule has 18 heavy (non-hydrogen) atoms. The molecule has 1 amide bonds. The highest BCUT2D eigenvalue weighted by atomic mass is 16.3. The van der Waals surface area contributed by atoms with Gasteiger partial charge >= 0.3 is 0 Å². The number of carbonyl (C=O) groups excluding carboxylic acids is 1. The molecule has 1 rings (SSSR count). The third kappa shape index (κ3) is 4.94. The van der Waals surface area contributed by atoms with Gasteiger partial charge < -0.3 is 15.7 Å². The fraction of sp³-hybridized carbons (Fsp3) is 0.929. The first kappa shape index (κ1) is 15.4. The number of rotatable bonds is 6. The van der Waals surface area contributed by atoms with Gasteiger partial charge in [-0.05, 0) is 32.6 Å². The van der Waals surface area contributed by atoms with E-state index in [1.807, 2.05) is 13.8 Å². The third-order valence-corrected chi connectivity index (χ3v) is 3.70. The van der Waals surface area contributed by atoms with Crippen molar-refractivity contribution in [2.45, 2.75) is 64.5 Å².